The van der Waals surface area contributed by atoms with Crippen molar-refractivity contribution in [3.05, 3.63) is 59.7 Å². The van der Waals surface area contributed by atoms with Crippen molar-refractivity contribution in [2.45, 2.75) is 51.0 Å². The minimum absolute atomic E-state index is 0.142. The molecular weight excluding hydrogens is 348 g/mol. The predicted octanol–water partition coefficient (Wildman–Crippen LogP) is 3.64. The van der Waals surface area contributed by atoms with Gasteiger partial charge in [0.1, 0.15) is 0 Å². The molecule has 0 saturated carbocycles. The van der Waals surface area contributed by atoms with E-state index in [-0.39, 0.29) is 4.90 Å². The molecule has 0 unspecified atom stereocenters. The number of aryl methyl sites for hydroxylation is 2. The molecule has 140 valence electrons. The van der Waals surface area contributed by atoms with Crippen molar-refractivity contribution in [1.29, 1.82) is 0 Å². The molecule has 0 aliphatic carbocycles. The monoisotopic (exact) mass is 374 g/mol. The molecule has 0 bridgehead atoms. The zero-order valence-corrected chi connectivity index (χ0v) is 16.3. The average molecular weight is 375 g/mol. The van der Waals surface area contributed by atoms with Crippen molar-refractivity contribution in [1.82, 2.24) is 4.72 Å². The zero-order valence-electron chi connectivity index (χ0n) is 15.5. The Morgan fingerprint density at radius 3 is 2.23 bits per heavy atom. The highest BCUT2D eigenvalue weighted by Gasteiger charge is 2.22. The molecular formula is C20H26N2O3S. The van der Waals surface area contributed by atoms with Crippen molar-refractivity contribution >= 4 is 21.6 Å². The summed E-state index contributed by atoms with van der Waals surface area (Å²) >= 11 is 0. The second-order valence-electron chi connectivity index (χ2n) is 6.45. The van der Waals surface area contributed by atoms with Crippen LogP contribution in [0.25, 0.3) is 0 Å². The first-order chi connectivity index (χ1) is 12.3. The van der Waals surface area contributed by atoms with Crippen LogP contribution in [0.15, 0.2) is 53.4 Å². The molecule has 0 aliphatic heterocycles. The molecule has 0 aromatic heterocycles. The summed E-state index contributed by atoms with van der Waals surface area (Å²) < 4.78 is 27.1. The van der Waals surface area contributed by atoms with Gasteiger partial charge >= 0.3 is 0 Å². The van der Waals surface area contributed by atoms with Crippen LogP contribution in [0.1, 0.15) is 37.8 Å². The second-order valence-corrected chi connectivity index (χ2v) is 8.16. The number of sulfonamides is 1. The van der Waals surface area contributed by atoms with E-state index in [1.165, 1.54) is 24.6 Å². The van der Waals surface area contributed by atoms with Gasteiger partial charge in [-0.15, -0.1) is 0 Å². The first-order valence-electron chi connectivity index (χ1n) is 8.80. The second kappa shape index (κ2) is 8.96. The van der Waals surface area contributed by atoms with Crippen LogP contribution in [-0.2, 0) is 21.2 Å². The van der Waals surface area contributed by atoms with E-state index in [9.17, 15) is 13.2 Å². The van der Waals surface area contributed by atoms with E-state index < -0.39 is 22.0 Å². The van der Waals surface area contributed by atoms with Gasteiger partial charge in [-0.2, -0.15) is 4.72 Å². The molecule has 0 heterocycles. The largest absolute Gasteiger partial charge is 0.325 e. The number of rotatable bonds is 8. The van der Waals surface area contributed by atoms with Crippen molar-refractivity contribution in [3.8, 4) is 0 Å². The molecule has 26 heavy (non-hydrogen) atoms. The van der Waals surface area contributed by atoms with Crippen molar-refractivity contribution in [2.75, 3.05) is 5.32 Å². The third-order valence-corrected chi connectivity index (χ3v) is 5.65. The summed E-state index contributed by atoms with van der Waals surface area (Å²) in [6.45, 7) is 5.55. The number of benzene rings is 2. The Morgan fingerprint density at radius 1 is 1.04 bits per heavy atom. The normalized spacial score (nSPS) is 12.6. The lowest BCUT2D eigenvalue weighted by molar-refractivity contribution is -0.117. The molecule has 1 amide bonds. The molecule has 0 radical (unpaired) electrons. The van der Waals surface area contributed by atoms with Crippen LogP contribution in [0.2, 0.25) is 0 Å². The fraction of sp³-hybridized carbons (Fsp3) is 0.350. The fourth-order valence-electron chi connectivity index (χ4n) is 2.46. The average Bonchev–Trinajstić information content (AvgIpc) is 2.61. The van der Waals surface area contributed by atoms with Crippen LogP contribution < -0.4 is 10.0 Å². The lowest BCUT2D eigenvalue weighted by Gasteiger charge is -2.15. The van der Waals surface area contributed by atoms with Gasteiger partial charge in [-0.1, -0.05) is 43.2 Å². The van der Waals surface area contributed by atoms with Crippen molar-refractivity contribution in [3.63, 3.8) is 0 Å². The Bertz CT molecular complexity index is 828. The van der Waals surface area contributed by atoms with Crippen LogP contribution in [0.3, 0.4) is 0 Å². The summed E-state index contributed by atoms with van der Waals surface area (Å²) in [6.07, 6.45) is 3.28. The lowest BCUT2D eigenvalue weighted by Crippen LogP contribution is -2.41. The van der Waals surface area contributed by atoms with Gasteiger partial charge in [0.05, 0.1) is 10.9 Å². The number of nitrogens with one attached hydrogen (secondary N) is 2. The third kappa shape index (κ3) is 5.68. The number of hydrogen-bond donors (Lipinski definition) is 2. The van der Waals surface area contributed by atoms with E-state index in [0.29, 0.717) is 5.69 Å². The summed E-state index contributed by atoms with van der Waals surface area (Å²) in [5.41, 5.74) is 2.84. The van der Waals surface area contributed by atoms with Crippen LogP contribution in [0.4, 0.5) is 5.69 Å². The van der Waals surface area contributed by atoms with E-state index in [0.717, 1.165) is 24.8 Å². The Balaban J connectivity index is 1.97. The predicted molar refractivity (Wildman–Crippen MR) is 105 cm³/mol. The number of anilines is 1. The summed E-state index contributed by atoms with van der Waals surface area (Å²) in [5, 5.41) is 2.74. The SMILES string of the molecule is CCCCc1ccc(NC(=O)[C@@H](C)NS(=O)(=O)c2ccc(C)cc2)cc1. The van der Waals surface area contributed by atoms with E-state index in [1.54, 1.807) is 12.1 Å². The molecule has 5 nitrogen and oxygen atoms in total. The van der Waals surface area contributed by atoms with Gasteiger partial charge in [-0.25, -0.2) is 8.42 Å². The summed E-state index contributed by atoms with van der Waals surface area (Å²) in [7, 11) is -3.74. The summed E-state index contributed by atoms with van der Waals surface area (Å²) in [5.74, 6) is -0.401. The first-order valence-corrected chi connectivity index (χ1v) is 10.3. The Kier molecular flexibility index (Phi) is 6.94. The standard InChI is InChI=1S/C20H26N2O3S/c1-4-5-6-17-9-11-18(12-10-17)21-20(23)16(3)22-26(24,25)19-13-7-15(2)8-14-19/h7-14,16,22H,4-6H2,1-3H3,(H,21,23)/t16-/m1/s1. The van der Waals surface area contributed by atoms with Gasteiger partial charge in [-0.3, -0.25) is 4.79 Å². The summed E-state index contributed by atoms with van der Waals surface area (Å²) in [6, 6.07) is 13.2. The number of carbonyl (C=O) groups excluding carboxylic acids is 1. The molecule has 1 atom stereocenters. The number of carbonyl (C=O) groups is 1. The molecule has 6 heteroatoms. The Morgan fingerprint density at radius 2 is 1.65 bits per heavy atom. The van der Waals surface area contributed by atoms with E-state index in [2.05, 4.69) is 17.0 Å². The quantitative estimate of drug-likeness (QED) is 0.741. The van der Waals surface area contributed by atoms with Crippen LogP contribution in [-0.4, -0.2) is 20.4 Å². The highest BCUT2D eigenvalue weighted by Crippen LogP contribution is 2.13. The highest BCUT2D eigenvalue weighted by atomic mass is 32.2. The number of unbranched alkanes of at least 4 members (excludes halogenated alkanes) is 1. The van der Waals surface area contributed by atoms with Gasteiger partial charge in [0.25, 0.3) is 0 Å². The van der Waals surface area contributed by atoms with Crippen LogP contribution in [0.5, 0.6) is 0 Å². The highest BCUT2D eigenvalue weighted by molar-refractivity contribution is 7.89. The molecule has 2 rings (SSSR count). The topological polar surface area (TPSA) is 75.3 Å². The molecule has 2 N–H and O–H groups in total. The molecule has 0 fully saturated rings. The number of hydrogen-bond acceptors (Lipinski definition) is 3. The van der Waals surface area contributed by atoms with Gasteiger partial charge in [-0.05, 0) is 56.5 Å². The minimum Gasteiger partial charge on any atom is -0.325 e. The van der Waals surface area contributed by atoms with Crippen LogP contribution >= 0.6 is 0 Å². The summed E-state index contributed by atoms with van der Waals surface area (Å²) in [4.78, 5) is 12.4. The molecule has 2 aromatic carbocycles. The van der Waals surface area contributed by atoms with Gasteiger partial charge < -0.3 is 5.32 Å². The van der Waals surface area contributed by atoms with E-state index in [1.807, 2.05) is 31.2 Å². The van der Waals surface area contributed by atoms with Gasteiger partial charge in [0.2, 0.25) is 15.9 Å². The Labute approximate surface area is 155 Å². The third-order valence-electron chi connectivity index (χ3n) is 4.10. The maximum Gasteiger partial charge on any atom is 0.242 e. The maximum atomic E-state index is 12.4. The molecule has 0 spiro atoms. The van der Waals surface area contributed by atoms with Crippen LogP contribution in [0, 0.1) is 6.92 Å². The Hall–Kier alpha value is -2.18. The van der Waals surface area contributed by atoms with Gasteiger partial charge in [0, 0.05) is 5.69 Å². The van der Waals surface area contributed by atoms with Gasteiger partial charge in [0.15, 0.2) is 0 Å². The molecule has 0 aliphatic rings. The smallest absolute Gasteiger partial charge is 0.242 e. The lowest BCUT2D eigenvalue weighted by atomic mass is 10.1. The molecule has 2 aromatic rings. The molecule has 0 saturated heterocycles. The zero-order chi connectivity index (χ0) is 19.2. The number of amides is 1. The fourth-order valence-corrected chi connectivity index (χ4v) is 3.66. The minimum atomic E-state index is -3.74. The first kappa shape index (κ1) is 20.1. The van der Waals surface area contributed by atoms with E-state index >= 15 is 0 Å². The van der Waals surface area contributed by atoms with E-state index in [4.69, 9.17) is 0 Å². The van der Waals surface area contributed by atoms with Crippen molar-refractivity contribution in [2.24, 2.45) is 0 Å². The maximum absolute atomic E-state index is 12.4. The van der Waals surface area contributed by atoms with Crippen molar-refractivity contribution < 1.29 is 13.2 Å².